The number of benzene rings is 1. The average molecular weight is 327 g/mol. The summed E-state index contributed by atoms with van der Waals surface area (Å²) in [6, 6.07) is 11.3. The zero-order chi connectivity index (χ0) is 16.8. The Morgan fingerprint density at radius 2 is 2.00 bits per heavy atom. The molecule has 4 nitrogen and oxygen atoms in total. The van der Waals surface area contributed by atoms with Gasteiger partial charge in [-0.15, -0.1) is 0 Å². The van der Waals surface area contributed by atoms with E-state index in [-0.39, 0.29) is 0 Å². The van der Waals surface area contributed by atoms with Crippen molar-refractivity contribution < 1.29 is 4.74 Å². The highest BCUT2D eigenvalue weighted by Crippen LogP contribution is 2.20. The van der Waals surface area contributed by atoms with Crippen molar-refractivity contribution in [3.63, 3.8) is 0 Å². The Hall–Kier alpha value is -1.41. The van der Waals surface area contributed by atoms with Gasteiger partial charge in [0.1, 0.15) is 0 Å². The van der Waals surface area contributed by atoms with E-state index in [2.05, 4.69) is 35.3 Å². The predicted octanol–water partition coefficient (Wildman–Crippen LogP) is 3.07. The lowest BCUT2D eigenvalue weighted by molar-refractivity contribution is 0.0668. The molecule has 2 saturated heterocycles. The van der Waals surface area contributed by atoms with Crippen LogP contribution in [0.25, 0.3) is 0 Å². The molecular formula is C20H29N3O. The van der Waals surface area contributed by atoms with Crippen molar-refractivity contribution in [2.75, 3.05) is 19.7 Å². The molecule has 0 bridgehead atoms. The molecule has 0 saturated carbocycles. The minimum absolute atomic E-state index is 0.423. The van der Waals surface area contributed by atoms with Crippen molar-refractivity contribution in [3.05, 3.63) is 35.4 Å². The standard InChI is InChI=1S/C20H29N3O/c1-2-19(20-4-3-13-24-20)22-18-9-11-23(12-10-18)15-17-7-5-16(14-21)6-8-17/h5-8,18-20,22H,2-4,9-13,15H2,1H3. The third-order valence-electron chi connectivity index (χ3n) is 5.38. The van der Waals surface area contributed by atoms with Gasteiger partial charge in [0, 0.05) is 25.2 Å². The summed E-state index contributed by atoms with van der Waals surface area (Å²) in [5, 5.41) is 12.7. The van der Waals surface area contributed by atoms with Gasteiger partial charge in [0.05, 0.1) is 17.7 Å². The quantitative estimate of drug-likeness (QED) is 0.872. The number of rotatable bonds is 6. The number of piperidine rings is 1. The molecular weight excluding hydrogens is 298 g/mol. The zero-order valence-corrected chi connectivity index (χ0v) is 14.7. The van der Waals surface area contributed by atoms with Crippen LogP contribution in [-0.4, -0.2) is 42.8 Å². The Bertz CT molecular complexity index is 537. The van der Waals surface area contributed by atoms with Gasteiger partial charge in [0.2, 0.25) is 0 Å². The van der Waals surface area contributed by atoms with Crippen molar-refractivity contribution in [2.45, 2.75) is 63.8 Å². The molecule has 0 aliphatic carbocycles. The van der Waals surface area contributed by atoms with Gasteiger partial charge in [-0.3, -0.25) is 4.90 Å². The lowest BCUT2D eigenvalue weighted by Gasteiger charge is -2.35. The highest BCUT2D eigenvalue weighted by Gasteiger charge is 2.28. The number of ether oxygens (including phenoxy) is 1. The number of likely N-dealkylation sites (tertiary alicyclic amines) is 1. The molecule has 1 aromatic carbocycles. The summed E-state index contributed by atoms with van der Waals surface area (Å²) in [5.41, 5.74) is 2.03. The summed E-state index contributed by atoms with van der Waals surface area (Å²) >= 11 is 0. The van der Waals surface area contributed by atoms with Crippen LogP contribution in [0.5, 0.6) is 0 Å². The maximum atomic E-state index is 8.87. The van der Waals surface area contributed by atoms with Gasteiger partial charge in [0.15, 0.2) is 0 Å². The highest BCUT2D eigenvalue weighted by molar-refractivity contribution is 5.31. The fraction of sp³-hybridized carbons (Fsp3) is 0.650. The maximum absolute atomic E-state index is 8.87. The second-order valence-corrected chi connectivity index (χ2v) is 7.09. The van der Waals surface area contributed by atoms with Gasteiger partial charge >= 0.3 is 0 Å². The van der Waals surface area contributed by atoms with E-state index in [9.17, 15) is 0 Å². The first-order valence-corrected chi connectivity index (χ1v) is 9.37. The third kappa shape index (κ3) is 4.57. The summed E-state index contributed by atoms with van der Waals surface area (Å²) in [4.78, 5) is 2.52. The normalized spacial score (nSPS) is 23.9. The van der Waals surface area contributed by atoms with E-state index in [1.54, 1.807) is 0 Å². The first-order valence-electron chi connectivity index (χ1n) is 9.37. The van der Waals surface area contributed by atoms with Gasteiger partial charge in [0.25, 0.3) is 0 Å². The molecule has 2 aliphatic heterocycles. The maximum Gasteiger partial charge on any atom is 0.0991 e. The van der Waals surface area contributed by atoms with E-state index in [4.69, 9.17) is 10.00 Å². The number of nitrogens with zero attached hydrogens (tertiary/aromatic N) is 2. The lowest BCUT2D eigenvalue weighted by atomic mass is 9.99. The SMILES string of the molecule is CCC(NC1CCN(Cc2ccc(C#N)cc2)CC1)C1CCCO1. The van der Waals surface area contributed by atoms with Crippen LogP contribution in [0.2, 0.25) is 0 Å². The molecule has 130 valence electrons. The molecule has 0 spiro atoms. The second kappa shape index (κ2) is 8.62. The van der Waals surface area contributed by atoms with Crippen LogP contribution in [0.4, 0.5) is 0 Å². The largest absolute Gasteiger partial charge is 0.377 e. The molecule has 2 fully saturated rings. The van der Waals surface area contributed by atoms with Crippen LogP contribution in [0.15, 0.2) is 24.3 Å². The molecule has 2 unspecified atom stereocenters. The Kier molecular flexibility index (Phi) is 6.25. The van der Waals surface area contributed by atoms with Crippen LogP contribution < -0.4 is 5.32 Å². The van der Waals surface area contributed by atoms with Crippen LogP contribution in [0.1, 0.15) is 50.2 Å². The van der Waals surface area contributed by atoms with E-state index in [0.717, 1.165) is 38.2 Å². The molecule has 2 aliphatic rings. The zero-order valence-electron chi connectivity index (χ0n) is 14.7. The smallest absolute Gasteiger partial charge is 0.0991 e. The Morgan fingerprint density at radius 1 is 1.25 bits per heavy atom. The van der Waals surface area contributed by atoms with Crippen LogP contribution in [-0.2, 0) is 11.3 Å². The molecule has 24 heavy (non-hydrogen) atoms. The van der Waals surface area contributed by atoms with Crippen LogP contribution >= 0.6 is 0 Å². The first kappa shape index (κ1) is 17.4. The first-order chi connectivity index (χ1) is 11.8. The topological polar surface area (TPSA) is 48.3 Å². The van der Waals surface area contributed by atoms with Crippen molar-refractivity contribution in [3.8, 4) is 6.07 Å². The summed E-state index contributed by atoms with van der Waals surface area (Å²) in [6.45, 7) is 6.46. The Balaban J connectivity index is 1.44. The molecule has 2 heterocycles. The van der Waals surface area contributed by atoms with Gasteiger partial charge in [-0.2, -0.15) is 5.26 Å². The van der Waals surface area contributed by atoms with Gasteiger partial charge < -0.3 is 10.1 Å². The summed E-state index contributed by atoms with van der Waals surface area (Å²) in [6.07, 6.45) is 6.41. The van der Waals surface area contributed by atoms with Gasteiger partial charge in [-0.1, -0.05) is 19.1 Å². The third-order valence-corrected chi connectivity index (χ3v) is 5.38. The van der Waals surface area contributed by atoms with Crippen molar-refractivity contribution in [1.82, 2.24) is 10.2 Å². The number of nitrogens with one attached hydrogen (secondary N) is 1. The molecule has 4 heteroatoms. The summed E-state index contributed by atoms with van der Waals surface area (Å²) < 4.78 is 5.87. The minimum Gasteiger partial charge on any atom is -0.377 e. The van der Waals surface area contributed by atoms with Crippen molar-refractivity contribution >= 4 is 0 Å². The fourth-order valence-corrected chi connectivity index (χ4v) is 3.91. The Labute approximate surface area is 145 Å². The minimum atomic E-state index is 0.423. The number of nitriles is 1. The molecule has 0 radical (unpaired) electrons. The number of hydrogen-bond donors (Lipinski definition) is 1. The molecule has 3 rings (SSSR count). The second-order valence-electron chi connectivity index (χ2n) is 7.09. The van der Waals surface area contributed by atoms with E-state index in [1.165, 1.54) is 31.2 Å². The van der Waals surface area contributed by atoms with Crippen LogP contribution in [0, 0.1) is 11.3 Å². The number of hydrogen-bond acceptors (Lipinski definition) is 4. The Morgan fingerprint density at radius 3 is 2.58 bits per heavy atom. The van der Waals surface area contributed by atoms with Gasteiger partial charge in [-0.25, -0.2) is 0 Å². The van der Waals surface area contributed by atoms with E-state index < -0.39 is 0 Å². The summed E-state index contributed by atoms with van der Waals surface area (Å²) in [7, 11) is 0. The average Bonchev–Trinajstić information content (AvgIpc) is 3.16. The summed E-state index contributed by atoms with van der Waals surface area (Å²) in [5.74, 6) is 0. The highest BCUT2D eigenvalue weighted by atomic mass is 16.5. The molecule has 1 N–H and O–H groups in total. The molecule has 1 aromatic rings. The van der Waals surface area contributed by atoms with E-state index in [1.807, 2.05) is 12.1 Å². The van der Waals surface area contributed by atoms with Crippen molar-refractivity contribution in [1.29, 1.82) is 5.26 Å². The predicted molar refractivity (Wildman–Crippen MR) is 95.6 cm³/mol. The monoisotopic (exact) mass is 327 g/mol. The fourth-order valence-electron chi connectivity index (χ4n) is 3.91. The van der Waals surface area contributed by atoms with Gasteiger partial charge in [-0.05, 0) is 62.9 Å². The molecule has 0 aromatic heterocycles. The van der Waals surface area contributed by atoms with Crippen LogP contribution in [0.3, 0.4) is 0 Å². The van der Waals surface area contributed by atoms with E-state index >= 15 is 0 Å². The molecule has 2 atom stereocenters. The molecule has 0 amide bonds. The van der Waals surface area contributed by atoms with E-state index in [0.29, 0.717) is 18.2 Å². The lowest BCUT2D eigenvalue weighted by Crippen LogP contribution is -2.49. The van der Waals surface area contributed by atoms with Crippen molar-refractivity contribution in [2.24, 2.45) is 0 Å².